The Bertz CT molecular complexity index is 663. The maximum absolute atomic E-state index is 13.1. The van der Waals surface area contributed by atoms with E-state index in [2.05, 4.69) is 28.7 Å². The van der Waals surface area contributed by atoms with Crippen molar-refractivity contribution < 1.29 is 14.3 Å². The number of carbonyl (C=O) groups excluding carboxylic acids is 2. The normalized spacial score (nSPS) is 25.4. The topological polar surface area (TPSA) is 81.8 Å². The molecule has 1 aromatic rings. The smallest absolute Gasteiger partial charge is 0.237 e. The summed E-state index contributed by atoms with van der Waals surface area (Å²) in [6, 6.07) is 0.0852. The minimum atomic E-state index is -0.134. The molecular formula is C20H33N5O3. The fourth-order valence-corrected chi connectivity index (χ4v) is 4.60. The number of likely N-dealkylation sites (N-methyl/N-ethyl adjacent to an activating group) is 1. The maximum atomic E-state index is 13.1. The van der Waals surface area contributed by atoms with Gasteiger partial charge in [-0.1, -0.05) is 13.8 Å². The van der Waals surface area contributed by atoms with E-state index in [4.69, 9.17) is 4.74 Å². The molecule has 0 aliphatic carbocycles. The number of hydrogen-bond acceptors (Lipinski definition) is 5. The Kier molecular flexibility index (Phi) is 6.72. The highest BCUT2D eigenvalue weighted by Gasteiger charge is 2.49. The Hall–Kier alpha value is -1.93. The number of aromatic amines is 1. The quantitative estimate of drug-likeness (QED) is 0.714. The maximum Gasteiger partial charge on any atom is 0.237 e. The van der Waals surface area contributed by atoms with Gasteiger partial charge in [0.15, 0.2) is 0 Å². The van der Waals surface area contributed by atoms with Crippen LogP contribution in [0.5, 0.6) is 0 Å². The minimum Gasteiger partial charge on any atom is -0.383 e. The van der Waals surface area contributed by atoms with Crippen LogP contribution in [0.3, 0.4) is 0 Å². The Morgan fingerprint density at radius 2 is 2.25 bits per heavy atom. The van der Waals surface area contributed by atoms with Crippen LogP contribution in [0, 0.1) is 11.8 Å². The SMILES string of the molecule is COCCN(C)C(=O)[C@@H]1C[C@@H]2CN(Cc3cnc[nH]3)CC(=O)N2[C@@H]1CC(C)C. The van der Waals surface area contributed by atoms with E-state index in [1.807, 2.05) is 11.9 Å². The van der Waals surface area contributed by atoms with E-state index in [-0.39, 0.29) is 29.8 Å². The zero-order valence-electron chi connectivity index (χ0n) is 17.4. The van der Waals surface area contributed by atoms with Crippen LogP contribution in [0.1, 0.15) is 32.4 Å². The van der Waals surface area contributed by atoms with Gasteiger partial charge in [-0.3, -0.25) is 14.5 Å². The number of amides is 2. The van der Waals surface area contributed by atoms with E-state index in [1.54, 1.807) is 24.5 Å². The van der Waals surface area contributed by atoms with Crippen molar-refractivity contribution in [1.29, 1.82) is 0 Å². The van der Waals surface area contributed by atoms with Gasteiger partial charge in [-0.2, -0.15) is 0 Å². The summed E-state index contributed by atoms with van der Waals surface area (Å²) in [7, 11) is 3.47. The highest BCUT2D eigenvalue weighted by atomic mass is 16.5. The monoisotopic (exact) mass is 391 g/mol. The molecule has 2 fully saturated rings. The summed E-state index contributed by atoms with van der Waals surface area (Å²) < 4.78 is 5.12. The standard InChI is InChI=1S/C20H33N5O3/c1-14(2)7-18-17(20(27)23(3)5-6-28-4)8-16-11-24(12-19(26)25(16)18)10-15-9-21-13-22-15/h9,13-14,16-18H,5-8,10-12H2,1-4H3,(H,21,22)/t16-,17-,18-/m1/s1. The number of piperazine rings is 1. The van der Waals surface area contributed by atoms with E-state index < -0.39 is 0 Å². The first-order chi connectivity index (χ1) is 13.4. The van der Waals surface area contributed by atoms with Crippen molar-refractivity contribution >= 4 is 11.8 Å². The Labute approximate surface area is 167 Å². The molecule has 3 heterocycles. The van der Waals surface area contributed by atoms with Crippen LogP contribution in [-0.4, -0.2) is 89.0 Å². The third-order valence-electron chi connectivity index (χ3n) is 5.84. The van der Waals surface area contributed by atoms with E-state index in [0.717, 1.165) is 25.1 Å². The molecule has 3 atom stereocenters. The Balaban J connectivity index is 1.74. The number of H-pyrrole nitrogens is 1. The second-order valence-electron chi connectivity index (χ2n) is 8.49. The first kappa shape index (κ1) is 20.8. The Morgan fingerprint density at radius 3 is 2.89 bits per heavy atom. The molecular weight excluding hydrogens is 358 g/mol. The first-order valence-corrected chi connectivity index (χ1v) is 10.1. The lowest BCUT2D eigenvalue weighted by Gasteiger charge is -2.40. The first-order valence-electron chi connectivity index (χ1n) is 10.1. The van der Waals surface area contributed by atoms with Crippen LogP contribution in [0.4, 0.5) is 0 Å². The van der Waals surface area contributed by atoms with Crippen molar-refractivity contribution in [3.8, 4) is 0 Å². The lowest BCUT2D eigenvalue weighted by atomic mass is 9.91. The van der Waals surface area contributed by atoms with Crippen LogP contribution < -0.4 is 0 Å². The lowest BCUT2D eigenvalue weighted by molar-refractivity contribution is -0.142. The van der Waals surface area contributed by atoms with Gasteiger partial charge in [0.2, 0.25) is 11.8 Å². The molecule has 0 spiro atoms. The summed E-state index contributed by atoms with van der Waals surface area (Å²) in [5.74, 6) is 0.561. The molecule has 1 aromatic heterocycles. The Morgan fingerprint density at radius 1 is 1.46 bits per heavy atom. The number of methoxy groups -OCH3 is 1. The number of nitrogens with one attached hydrogen (secondary N) is 1. The summed E-state index contributed by atoms with van der Waals surface area (Å²) in [4.78, 5) is 39.3. The largest absolute Gasteiger partial charge is 0.383 e. The highest BCUT2D eigenvalue weighted by molar-refractivity contribution is 5.84. The zero-order chi connectivity index (χ0) is 20.3. The number of fused-ring (bicyclic) bond motifs is 1. The predicted molar refractivity (Wildman–Crippen MR) is 105 cm³/mol. The average Bonchev–Trinajstić information content (AvgIpc) is 3.26. The minimum absolute atomic E-state index is 0.00991. The molecule has 1 N–H and O–H groups in total. The van der Waals surface area contributed by atoms with Gasteiger partial charge < -0.3 is 19.5 Å². The van der Waals surface area contributed by atoms with Gasteiger partial charge in [-0.05, 0) is 18.8 Å². The molecule has 2 aliphatic heterocycles. The van der Waals surface area contributed by atoms with Gasteiger partial charge in [0.25, 0.3) is 0 Å². The van der Waals surface area contributed by atoms with Crippen molar-refractivity contribution in [3.63, 3.8) is 0 Å². The van der Waals surface area contributed by atoms with Gasteiger partial charge in [0, 0.05) is 57.8 Å². The third-order valence-corrected chi connectivity index (χ3v) is 5.84. The van der Waals surface area contributed by atoms with Crippen LogP contribution in [-0.2, 0) is 20.9 Å². The molecule has 28 heavy (non-hydrogen) atoms. The van der Waals surface area contributed by atoms with Crippen LogP contribution in [0.25, 0.3) is 0 Å². The van der Waals surface area contributed by atoms with Gasteiger partial charge in [0.05, 0.1) is 25.4 Å². The fourth-order valence-electron chi connectivity index (χ4n) is 4.60. The number of nitrogens with zero attached hydrogens (tertiary/aromatic N) is 4. The molecule has 0 unspecified atom stereocenters. The second kappa shape index (κ2) is 9.05. The molecule has 3 rings (SSSR count). The summed E-state index contributed by atoms with van der Waals surface area (Å²) in [5, 5.41) is 0. The molecule has 2 aliphatic rings. The molecule has 0 aromatic carbocycles. The van der Waals surface area contributed by atoms with Crippen molar-refractivity contribution in [2.75, 3.05) is 40.4 Å². The van der Waals surface area contributed by atoms with Crippen molar-refractivity contribution in [3.05, 3.63) is 18.2 Å². The predicted octanol–water partition coefficient (Wildman–Crippen LogP) is 0.962. The molecule has 8 nitrogen and oxygen atoms in total. The summed E-state index contributed by atoms with van der Waals surface area (Å²) in [5.41, 5.74) is 1.00. The number of carbonyl (C=O) groups is 2. The number of imidazole rings is 1. The molecule has 156 valence electrons. The van der Waals surface area contributed by atoms with Gasteiger partial charge in [-0.15, -0.1) is 0 Å². The second-order valence-corrected chi connectivity index (χ2v) is 8.49. The van der Waals surface area contributed by atoms with E-state index in [0.29, 0.717) is 32.2 Å². The molecule has 8 heteroatoms. The molecule has 0 saturated carbocycles. The average molecular weight is 392 g/mol. The van der Waals surface area contributed by atoms with Gasteiger partial charge in [-0.25, -0.2) is 4.98 Å². The van der Waals surface area contributed by atoms with E-state index >= 15 is 0 Å². The molecule has 0 bridgehead atoms. The van der Waals surface area contributed by atoms with Crippen molar-refractivity contribution in [1.82, 2.24) is 24.7 Å². The van der Waals surface area contributed by atoms with Crippen molar-refractivity contribution in [2.45, 2.75) is 45.3 Å². The molecule has 2 saturated heterocycles. The van der Waals surface area contributed by atoms with E-state index in [9.17, 15) is 9.59 Å². The summed E-state index contributed by atoms with van der Waals surface area (Å²) >= 11 is 0. The van der Waals surface area contributed by atoms with Crippen molar-refractivity contribution in [2.24, 2.45) is 11.8 Å². The third kappa shape index (κ3) is 4.55. The fraction of sp³-hybridized carbons (Fsp3) is 0.750. The van der Waals surface area contributed by atoms with Crippen LogP contribution in [0.2, 0.25) is 0 Å². The molecule has 0 radical (unpaired) electrons. The van der Waals surface area contributed by atoms with E-state index in [1.165, 1.54) is 0 Å². The summed E-state index contributed by atoms with van der Waals surface area (Å²) in [6.45, 7) is 7.27. The van der Waals surface area contributed by atoms with Crippen LogP contribution in [0.15, 0.2) is 12.5 Å². The highest BCUT2D eigenvalue weighted by Crippen LogP contribution is 2.37. The number of aromatic nitrogens is 2. The zero-order valence-corrected chi connectivity index (χ0v) is 17.4. The van der Waals surface area contributed by atoms with Gasteiger partial charge >= 0.3 is 0 Å². The molecule has 2 amide bonds. The number of rotatable bonds is 8. The number of hydrogen-bond donors (Lipinski definition) is 1. The lowest BCUT2D eigenvalue weighted by Crippen LogP contribution is -2.56. The van der Waals surface area contributed by atoms with Crippen LogP contribution >= 0.6 is 0 Å². The summed E-state index contributed by atoms with van der Waals surface area (Å²) in [6.07, 6.45) is 5.05. The number of ether oxygens (including phenoxy) is 1. The van der Waals surface area contributed by atoms with Gasteiger partial charge in [0.1, 0.15) is 0 Å².